The average Bonchev–Trinajstić information content (AvgIpc) is 3.06. The van der Waals surface area contributed by atoms with Crippen LogP contribution in [-0.4, -0.2) is 34.2 Å². The maximum Gasteiger partial charge on any atom is 0.408 e. The Kier molecular flexibility index (Phi) is 3.68. The molecule has 1 aromatic carbocycles. The van der Waals surface area contributed by atoms with Gasteiger partial charge in [0.1, 0.15) is 0 Å². The van der Waals surface area contributed by atoms with Gasteiger partial charge in [-0.1, -0.05) is 51.1 Å². The summed E-state index contributed by atoms with van der Waals surface area (Å²) in [5, 5.41) is 13.2. The summed E-state index contributed by atoms with van der Waals surface area (Å²) in [6.45, 7) is 8.03. The molecule has 0 bridgehead atoms. The van der Waals surface area contributed by atoms with Gasteiger partial charge in [0.15, 0.2) is 0 Å². The fourth-order valence-electron chi connectivity index (χ4n) is 4.41. The van der Waals surface area contributed by atoms with Crippen molar-refractivity contribution in [3.05, 3.63) is 35.9 Å². The van der Waals surface area contributed by atoms with Crippen molar-refractivity contribution < 1.29 is 9.90 Å². The van der Waals surface area contributed by atoms with E-state index >= 15 is 0 Å². The highest BCUT2D eigenvalue weighted by molar-refractivity contribution is 5.69. The highest BCUT2D eigenvalue weighted by atomic mass is 16.4. The lowest BCUT2D eigenvalue weighted by Gasteiger charge is -2.40. The van der Waals surface area contributed by atoms with Gasteiger partial charge in [0, 0.05) is 19.1 Å². The Morgan fingerprint density at radius 2 is 2.05 bits per heavy atom. The van der Waals surface area contributed by atoms with Crippen LogP contribution in [0.2, 0.25) is 0 Å². The second kappa shape index (κ2) is 5.27. The average molecular weight is 302 g/mol. The smallest absolute Gasteiger partial charge is 0.408 e. The van der Waals surface area contributed by atoms with Crippen LogP contribution in [0.25, 0.3) is 0 Å². The van der Waals surface area contributed by atoms with Gasteiger partial charge in [-0.05, 0) is 29.7 Å². The molecule has 1 saturated heterocycles. The maximum atomic E-state index is 11.8. The highest BCUT2D eigenvalue weighted by Gasteiger charge is 2.71. The third kappa shape index (κ3) is 2.39. The Morgan fingerprint density at radius 3 is 2.64 bits per heavy atom. The van der Waals surface area contributed by atoms with E-state index in [-0.39, 0.29) is 17.0 Å². The molecule has 1 amide bonds. The predicted octanol–water partition coefficient (Wildman–Crippen LogP) is 3.33. The van der Waals surface area contributed by atoms with E-state index in [1.165, 1.54) is 5.56 Å². The van der Waals surface area contributed by atoms with Crippen LogP contribution in [0.1, 0.15) is 39.2 Å². The summed E-state index contributed by atoms with van der Waals surface area (Å²) in [6.07, 6.45) is 1.25. The molecule has 1 heterocycles. The molecule has 1 aliphatic heterocycles. The molecule has 22 heavy (non-hydrogen) atoms. The van der Waals surface area contributed by atoms with Crippen molar-refractivity contribution in [2.45, 2.75) is 51.7 Å². The van der Waals surface area contributed by atoms with Crippen molar-refractivity contribution >= 4 is 6.09 Å². The number of hydrogen-bond acceptors (Lipinski definition) is 2. The van der Waals surface area contributed by atoms with Crippen molar-refractivity contribution in [3.8, 4) is 0 Å². The standard InChI is InChI=1S/C18H26N2O2/c1-17(2,3)18-10-14(18)9-15(20(18)16(21)22)12-19-11-13-7-5-4-6-8-13/h4-8,14-15,19H,9-12H2,1-3H3,(H,21,22)/t14-,15+,18-/m0/s1. The van der Waals surface area contributed by atoms with E-state index in [1.807, 2.05) is 18.2 Å². The zero-order valence-corrected chi connectivity index (χ0v) is 13.7. The Hall–Kier alpha value is -1.55. The quantitative estimate of drug-likeness (QED) is 0.897. The second-order valence-corrected chi connectivity index (χ2v) is 7.73. The zero-order chi connectivity index (χ0) is 16.0. The minimum atomic E-state index is -0.763. The molecule has 120 valence electrons. The molecule has 4 heteroatoms. The first-order valence-corrected chi connectivity index (χ1v) is 8.13. The van der Waals surface area contributed by atoms with Crippen LogP contribution >= 0.6 is 0 Å². The SMILES string of the molecule is CC(C)(C)[C@]12C[C@@H]1C[C@H](CNCc1ccccc1)N2C(=O)O. The summed E-state index contributed by atoms with van der Waals surface area (Å²) in [5.41, 5.74) is 1.10. The summed E-state index contributed by atoms with van der Waals surface area (Å²) in [7, 11) is 0. The van der Waals surface area contributed by atoms with Crippen molar-refractivity contribution in [1.29, 1.82) is 0 Å². The van der Waals surface area contributed by atoms with Gasteiger partial charge in [-0.3, -0.25) is 4.90 Å². The van der Waals surface area contributed by atoms with Crippen LogP contribution in [0.3, 0.4) is 0 Å². The molecule has 2 aliphatic rings. The number of nitrogens with zero attached hydrogens (tertiary/aromatic N) is 1. The lowest BCUT2D eigenvalue weighted by molar-refractivity contribution is 0.0599. The monoisotopic (exact) mass is 302 g/mol. The van der Waals surface area contributed by atoms with Crippen LogP contribution in [0.15, 0.2) is 30.3 Å². The van der Waals surface area contributed by atoms with Gasteiger partial charge in [0.2, 0.25) is 0 Å². The lowest BCUT2D eigenvalue weighted by Crippen LogP contribution is -2.53. The number of nitrogens with one attached hydrogen (secondary N) is 1. The molecule has 0 unspecified atom stereocenters. The van der Waals surface area contributed by atoms with Gasteiger partial charge >= 0.3 is 6.09 Å². The number of hydrogen-bond donors (Lipinski definition) is 2. The van der Waals surface area contributed by atoms with Crippen LogP contribution in [0.5, 0.6) is 0 Å². The van der Waals surface area contributed by atoms with Gasteiger partial charge in [-0.2, -0.15) is 0 Å². The normalized spacial score (nSPS) is 30.2. The van der Waals surface area contributed by atoms with E-state index in [0.29, 0.717) is 5.92 Å². The van der Waals surface area contributed by atoms with Gasteiger partial charge in [0.25, 0.3) is 0 Å². The summed E-state index contributed by atoms with van der Waals surface area (Å²) < 4.78 is 0. The van der Waals surface area contributed by atoms with Crippen LogP contribution in [-0.2, 0) is 6.54 Å². The maximum absolute atomic E-state index is 11.8. The summed E-state index contributed by atoms with van der Waals surface area (Å²) in [5.74, 6) is 0.534. The molecule has 0 spiro atoms. The molecule has 3 atom stereocenters. The molecule has 0 radical (unpaired) electrons. The lowest BCUT2D eigenvalue weighted by atomic mass is 9.82. The Bertz CT molecular complexity index is 552. The summed E-state index contributed by atoms with van der Waals surface area (Å²) in [6, 6.07) is 10.3. The minimum absolute atomic E-state index is 0.00420. The molecule has 3 rings (SSSR count). The molecule has 2 fully saturated rings. The van der Waals surface area contributed by atoms with E-state index in [2.05, 4.69) is 38.2 Å². The first kappa shape index (κ1) is 15.3. The first-order valence-electron chi connectivity index (χ1n) is 8.13. The Balaban J connectivity index is 1.64. The molecule has 4 nitrogen and oxygen atoms in total. The molecular formula is C18H26N2O2. The van der Waals surface area contributed by atoms with Crippen LogP contribution < -0.4 is 5.32 Å². The number of fused-ring (bicyclic) bond motifs is 1. The number of piperidine rings is 1. The molecule has 1 aromatic rings. The Morgan fingerprint density at radius 1 is 1.36 bits per heavy atom. The predicted molar refractivity (Wildman–Crippen MR) is 86.7 cm³/mol. The number of likely N-dealkylation sites (tertiary alicyclic amines) is 1. The number of rotatable bonds is 4. The van der Waals surface area contributed by atoms with E-state index in [1.54, 1.807) is 4.90 Å². The van der Waals surface area contributed by atoms with Gasteiger partial charge in [-0.25, -0.2) is 4.79 Å². The number of benzene rings is 1. The number of amides is 1. The van der Waals surface area contributed by atoms with Crippen molar-refractivity contribution in [3.63, 3.8) is 0 Å². The van der Waals surface area contributed by atoms with E-state index in [4.69, 9.17) is 0 Å². The van der Waals surface area contributed by atoms with Gasteiger partial charge in [-0.15, -0.1) is 0 Å². The largest absolute Gasteiger partial charge is 0.465 e. The molecule has 0 aromatic heterocycles. The van der Waals surface area contributed by atoms with E-state index in [0.717, 1.165) is 25.9 Å². The summed E-state index contributed by atoms with van der Waals surface area (Å²) in [4.78, 5) is 13.6. The molecule has 1 aliphatic carbocycles. The molecule has 1 saturated carbocycles. The summed E-state index contributed by atoms with van der Waals surface area (Å²) >= 11 is 0. The molecule has 2 N–H and O–H groups in total. The highest BCUT2D eigenvalue weighted by Crippen LogP contribution is 2.65. The minimum Gasteiger partial charge on any atom is -0.465 e. The van der Waals surface area contributed by atoms with E-state index < -0.39 is 6.09 Å². The zero-order valence-electron chi connectivity index (χ0n) is 13.7. The van der Waals surface area contributed by atoms with E-state index in [9.17, 15) is 9.90 Å². The van der Waals surface area contributed by atoms with Crippen molar-refractivity contribution in [1.82, 2.24) is 10.2 Å². The van der Waals surface area contributed by atoms with Gasteiger partial charge < -0.3 is 10.4 Å². The van der Waals surface area contributed by atoms with Crippen LogP contribution in [0, 0.1) is 11.3 Å². The van der Waals surface area contributed by atoms with Crippen LogP contribution in [0.4, 0.5) is 4.79 Å². The fraction of sp³-hybridized carbons (Fsp3) is 0.611. The molecular weight excluding hydrogens is 276 g/mol. The van der Waals surface area contributed by atoms with Crippen molar-refractivity contribution in [2.75, 3.05) is 6.54 Å². The third-order valence-electron chi connectivity index (χ3n) is 5.48. The van der Waals surface area contributed by atoms with Gasteiger partial charge in [0.05, 0.1) is 5.54 Å². The fourth-order valence-corrected chi connectivity index (χ4v) is 4.41. The Labute approximate surface area is 132 Å². The third-order valence-corrected chi connectivity index (χ3v) is 5.48. The topological polar surface area (TPSA) is 52.6 Å². The number of carboxylic acid groups (broad SMARTS) is 1. The van der Waals surface area contributed by atoms with Crippen molar-refractivity contribution in [2.24, 2.45) is 11.3 Å². The number of carbonyl (C=O) groups is 1. The first-order chi connectivity index (χ1) is 10.4. The second-order valence-electron chi connectivity index (χ2n) is 7.73.